The zero-order chi connectivity index (χ0) is 15.1. The van der Waals surface area contributed by atoms with Crippen LogP contribution in [0.2, 0.25) is 0 Å². The molecule has 1 aliphatic carbocycles. The summed E-state index contributed by atoms with van der Waals surface area (Å²) in [5, 5.41) is 0. The van der Waals surface area contributed by atoms with Crippen molar-refractivity contribution in [3.05, 3.63) is 24.0 Å². The fourth-order valence-electron chi connectivity index (χ4n) is 3.18. The second kappa shape index (κ2) is 5.40. The molecule has 114 valence electrons. The van der Waals surface area contributed by atoms with E-state index in [9.17, 15) is 0 Å². The first-order valence-electron chi connectivity index (χ1n) is 8.20. The van der Waals surface area contributed by atoms with Crippen molar-refractivity contribution in [2.75, 3.05) is 0 Å². The van der Waals surface area contributed by atoms with E-state index in [-0.39, 0.29) is 18.3 Å². The smallest absolute Gasteiger partial charge is 0.399 e. The van der Waals surface area contributed by atoms with Gasteiger partial charge in [-0.1, -0.05) is 25.3 Å². The topological polar surface area (TPSA) is 31.4 Å². The Morgan fingerprint density at radius 1 is 1.00 bits per heavy atom. The number of aromatic nitrogens is 1. The SMILES string of the molecule is CC1(C)OB(c2ccc(C3CCCCC3)nc2)OC1(C)C. The van der Waals surface area contributed by atoms with Crippen LogP contribution in [0, 0.1) is 0 Å². The van der Waals surface area contributed by atoms with E-state index in [1.807, 2.05) is 6.20 Å². The minimum absolute atomic E-state index is 0.292. The summed E-state index contributed by atoms with van der Waals surface area (Å²) < 4.78 is 12.1. The van der Waals surface area contributed by atoms with Crippen molar-refractivity contribution in [1.82, 2.24) is 4.98 Å². The van der Waals surface area contributed by atoms with Gasteiger partial charge in [0, 0.05) is 23.3 Å². The first kappa shape index (κ1) is 15.0. The van der Waals surface area contributed by atoms with E-state index in [1.165, 1.54) is 37.8 Å². The van der Waals surface area contributed by atoms with Gasteiger partial charge in [0.2, 0.25) is 0 Å². The Balaban J connectivity index is 1.73. The van der Waals surface area contributed by atoms with Crippen molar-refractivity contribution in [3.8, 4) is 0 Å². The lowest BCUT2D eigenvalue weighted by Gasteiger charge is -2.32. The van der Waals surface area contributed by atoms with E-state index in [0.29, 0.717) is 5.92 Å². The number of nitrogens with zero attached hydrogens (tertiary/aromatic N) is 1. The fraction of sp³-hybridized carbons (Fsp3) is 0.706. The zero-order valence-electron chi connectivity index (χ0n) is 13.7. The van der Waals surface area contributed by atoms with Gasteiger partial charge in [0.15, 0.2) is 0 Å². The van der Waals surface area contributed by atoms with Crippen LogP contribution in [-0.2, 0) is 9.31 Å². The quantitative estimate of drug-likeness (QED) is 0.781. The number of rotatable bonds is 2. The summed E-state index contributed by atoms with van der Waals surface area (Å²) in [6.07, 6.45) is 8.55. The van der Waals surface area contributed by atoms with Gasteiger partial charge >= 0.3 is 7.12 Å². The summed E-state index contributed by atoms with van der Waals surface area (Å²) in [7, 11) is -0.303. The third-order valence-corrected chi connectivity index (χ3v) is 5.36. The molecule has 21 heavy (non-hydrogen) atoms. The molecule has 1 aliphatic heterocycles. The van der Waals surface area contributed by atoms with Crippen LogP contribution in [0.5, 0.6) is 0 Å². The Morgan fingerprint density at radius 2 is 1.62 bits per heavy atom. The predicted octanol–water partition coefficient (Wildman–Crippen LogP) is 3.43. The molecular formula is C17H26BNO2. The molecule has 1 saturated carbocycles. The highest BCUT2D eigenvalue weighted by molar-refractivity contribution is 6.62. The molecule has 3 rings (SSSR count). The third kappa shape index (κ3) is 2.88. The summed E-state index contributed by atoms with van der Waals surface area (Å²) in [6.45, 7) is 8.32. The molecule has 3 nitrogen and oxygen atoms in total. The number of hydrogen-bond acceptors (Lipinski definition) is 3. The Kier molecular flexibility index (Phi) is 3.87. The molecule has 4 heteroatoms. The van der Waals surface area contributed by atoms with Crippen molar-refractivity contribution < 1.29 is 9.31 Å². The maximum Gasteiger partial charge on any atom is 0.496 e. The molecule has 2 heterocycles. The summed E-state index contributed by atoms with van der Waals surface area (Å²) in [4.78, 5) is 4.68. The highest BCUT2D eigenvalue weighted by atomic mass is 16.7. The second-order valence-corrected chi connectivity index (χ2v) is 7.44. The van der Waals surface area contributed by atoms with Gasteiger partial charge in [0.25, 0.3) is 0 Å². The molecule has 2 fully saturated rings. The van der Waals surface area contributed by atoms with E-state index < -0.39 is 0 Å². The Bertz CT molecular complexity index is 476. The molecule has 0 spiro atoms. The molecule has 0 N–H and O–H groups in total. The third-order valence-electron chi connectivity index (χ3n) is 5.36. The van der Waals surface area contributed by atoms with Crippen LogP contribution in [0.1, 0.15) is 71.4 Å². The minimum atomic E-state index is -0.303. The lowest BCUT2D eigenvalue weighted by molar-refractivity contribution is 0.00578. The molecule has 1 aromatic heterocycles. The molecule has 0 amide bonds. The fourth-order valence-corrected chi connectivity index (χ4v) is 3.18. The Morgan fingerprint density at radius 3 is 2.14 bits per heavy atom. The van der Waals surface area contributed by atoms with Crippen LogP contribution in [0.25, 0.3) is 0 Å². The molecule has 0 unspecified atom stereocenters. The van der Waals surface area contributed by atoms with Crippen molar-refractivity contribution >= 4 is 12.6 Å². The highest BCUT2D eigenvalue weighted by Crippen LogP contribution is 2.36. The first-order chi connectivity index (χ1) is 9.89. The van der Waals surface area contributed by atoms with Gasteiger partial charge in [-0.05, 0) is 46.6 Å². The maximum absolute atomic E-state index is 6.07. The molecule has 0 aromatic carbocycles. The average Bonchev–Trinajstić information content (AvgIpc) is 2.69. The molecule has 1 aromatic rings. The van der Waals surface area contributed by atoms with E-state index in [0.717, 1.165) is 5.46 Å². The average molecular weight is 287 g/mol. The lowest BCUT2D eigenvalue weighted by atomic mass is 9.79. The first-order valence-corrected chi connectivity index (χ1v) is 8.20. The molecular weight excluding hydrogens is 261 g/mol. The van der Waals surface area contributed by atoms with E-state index in [2.05, 4.69) is 44.8 Å². The lowest BCUT2D eigenvalue weighted by Crippen LogP contribution is -2.41. The molecule has 2 aliphatic rings. The van der Waals surface area contributed by atoms with Crippen LogP contribution >= 0.6 is 0 Å². The van der Waals surface area contributed by atoms with Crippen LogP contribution in [-0.4, -0.2) is 23.3 Å². The zero-order valence-corrected chi connectivity index (χ0v) is 13.7. The van der Waals surface area contributed by atoms with E-state index >= 15 is 0 Å². The Hall–Kier alpha value is -0.865. The van der Waals surface area contributed by atoms with Gasteiger partial charge in [0.05, 0.1) is 11.2 Å². The molecule has 0 radical (unpaired) electrons. The van der Waals surface area contributed by atoms with Crippen LogP contribution in [0.3, 0.4) is 0 Å². The van der Waals surface area contributed by atoms with Gasteiger partial charge in [0.1, 0.15) is 0 Å². The van der Waals surface area contributed by atoms with Crippen LogP contribution in [0.4, 0.5) is 0 Å². The summed E-state index contributed by atoms with van der Waals surface area (Å²) in [5.41, 5.74) is 1.67. The van der Waals surface area contributed by atoms with E-state index in [1.54, 1.807) is 0 Å². The van der Waals surface area contributed by atoms with Gasteiger partial charge in [-0.15, -0.1) is 0 Å². The summed E-state index contributed by atoms with van der Waals surface area (Å²) in [5.74, 6) is 0.645. The molecule has 0 atom stereocenters. The summed E-state index contributed by atoms with van der Waals surface area (Å²) in [6, 6.07) is 4.29. The summed E-state index contributed by atoms with van der Waals surface area (Å²) >= 11 is 0. The van der Waals surface area contributed by atoms with Crippen molar-refractivity contribution in [2.24, 2.45) is 0 Å². The van der Waals surface area contributed by atoms with Gasteiger partial charge in [-0.3, -0.25) is 4.98 Å². The largest absolute Gasteiger partial charge is 0.496 e. The predicted molar refractivity (Wildman–Crippen MR) is 85.8 cm³/mol. The van der Waals surface area contributed by atoms with Crippen molar-refractivity contribution in [3.63, 3.8) is 0 Å². The monoisotopic (exact) mass is 287 g/mol. The molecule has 0 bridgehead atoms. The second-order valence-electron chi connectivity index (χ2n) is 7.44. The maximum atomic E-state index is 6.07. The van der Waals surface area contributed by atoms with Crippen molar-refractivity contribution in [2.45, 2.75) is 76.9 Å². The van der Waals surface area contributed by atoms with E-state index in [4.69, 9.17) is 9.31 Å². The van der Waals surface area contributed by atoms with Gasteiger partial charge in [-0.25, -0.2) is 0 Å². The normalized spacial score (nSPS) is 25.2. The van der Waals surface area contributed by atoms with Crippen molar-refractivity contribution in [1.29, 1.82) is 0 Å². The van der Waals surface area contributed by atoms with Gasteiger partial charge in [-0.2, -0.15) is 0 Å². The standard InChI is InChI=1S/C17H26BNO2/c1-16(2)17(3,4)21-18(20-16)14-10-11-15(19-12-14)13-8-6-5-7-9-13/h10-13H,5-9H2,1-4H3. The number of hydrogen-bond donors (Lipinski definition) is 0. The van der Waals surface area contributed by atoms with Gasteiger partial charge < -0.3 is 9.31 Å². The van der Waals surface area contributed by atoms with Crippen LogP contribution < -0.4 is 5.46 Å². The minimum Gasteiger partial charge on any atom is -0.399 e. The highest BCUT2D eigenvalue weighted by Gasteiger charge is 2.51. The van der Waals surface area contributed by atoms with Crippen LogP contribution in [0.15, 0.2) is 18.3 Å². The molecule has 1 saturated heterocycles. The number of pyridine rings is 1. The Labute approximate surface area is 128 Å².